The van der Waals surface area contributed by atoms with Crippen molar-refractivity contribution in [3.63, 3.8) is 0 Å². The van der Waals surface area contributed by atoms with Gasteiger partial charge in [-0.1, -0.05) is 47.8 Å². The lowest BCUT2D eigenvalue weighted by Crippen LogP contribution is -2.41. The molecule has 0 saturated carbocycles. The molecule has 1 heterocycles. The van der Waals surface area contributed by atoms with Crippen LogP contribution in [0.3, 0.4) is 0 Å². The van der Waals surface area contributed by atoms with E-state index < -0.39 is 17.5 Å². The first-order valence-corrected chi connectivity index (χ1v) is 11.4. The van der Waals surface area contributed by atoms with Crippen molar-refractivity contribution in [2.24, 2.45) is 0 Å². The van der Waals surface area contributed by atoms with E-state index in [0.29, 0.717) is 23.2 Å². The first-order chi connectivity index (χ1) is 15.2. The van der Waals surface area contributed by atoms with Gasteiger partial charge >= 0.3 is 6.03 Å². The second kappa shape index (κ2) is 10.1. The molecule has 1 saturated heterocycles. The summed E-state index contributed by atoms with van der Waals surface area (Å²) in [6, 6.07) is 12.9. The van der Waals surface area contributed by atoms with Gasteiger partial charge in [-0.25, -0.2) is 4.79 Å². The number of anilines is 1. The molecule has 2 aromatic carbocycles. The summed E-state index contributed by atoms with van der Waals surface area (Å²) in [6.45, 7) is 3.34. The molecule has 8 heteroatoms. The van der Waals surface area contributed by atoms with E-state index in [-0.39, 0.29) is 18.2 Å². The number of nitrogens with one attached hydrogen (secondary N) is 2. The van der Waals surface area contributed by atoms with Crippen LogP contribution < -0.4 is 10.6 Å². The van der Waals surface area contributed by atoms with Gasteiger partial charge < -0.3 is 10.6 Å². The first-order valence-electron chi connectivity index (χ1n) is 10.6. The maximum Gasteiger partial charge on any atom is 0.325 e. The van der Waals surface area contributed by atoms with Gasteiger partial charge in [0.2, 0.25) is 5.91 Å². The van der Waals surface area contributed by atoms with E-state index in [1.807, 2.05) is 0 Å². The number of nitrogens with zero attached hydrogens (tertiary/aromatic N) is 1. The Morgan fingerprint density at radius 2 is 1.69 bits per heavy atom. The summed E-state index contributed by atoms with van der Waals surface area (Å²) in [6.07, 6.45) is 3.34. The van der Waals surface area contributed by atoms with E-state index in [9.17, 15) is 19.2 Å². The number of rotatable bonds is 9. The zero-order chi connectivity index (χ0) is 23.3. The van der Waals surface area contributed by atoms with Crippen LogP contribution in [0.1, 0.15) is 55.5 Å². The molecule has 1 aliphatic rings. The highest BCUT2D eigenvalue weighted by Gasteiger charge is 2.49. The van der Waals surface area contributed by atoms with Crippen molar-refractivity contribution >= 4 is 45.2 Å². The highest BCUT2D eigenvalue weighted by Crippen LogP contribution is 2.30. The quantitative estimate of drug-likeness (QED) is 0.299. The number of benzene rings is 2. The van der Waals surface area contributed by atoms with Crippen molar-refractivity contribution < 1.29 is 19.2 Å². The zero-order valence-electron chi connectivity index (χ0n) is 18.1. The number of urea groups is 1. The van der Waals surface area contributed by atoms with Crippen LogP contribution in [0.5, 0.6) is 0 Å². The summed E-state index contributed by atoms with van der Waals surface area (Å²) in [4.78, 5) is 51.1. The predicted molar refractivity (Wildman–Crippen MR) is 125 cm³/mol. The van der Waals surface area contributed by atoms with Crippen LogP contribution in [0.15, 0.2) is 53.0 Å². The molecule has 0 spiro atoms. The molecule has 0 unspecified atom stereocenters. The van der Waals surface area contributed by atoms with Gasteiger partial charge in [0.25, 0.3) is 5.91 Å². The summed E-state index contributed by atoms with van der Waals surface area (Å²) in [5, 5.41) is 5.50. The largest absolute Gasteiger partial charge is 0.326 e. The number of imide groups is 1. The van der Waals surface area contributed by atoms with E-state index in [2.05, 4.69) is 33.5 Å². The lowest BCUT2D eigenvalue weighted by Gasteiger charge is -2.22. The number of hydrogen-bond donors (Lipinski definition) is 2. The molecule has 32 heavy (non-hydrogen) atoms. The molecule has 168 valence electrons. The Morgan fingerprint density at radius 3 is 2.31 bits per heavy atom. The number of amides is 4. The van der Waals surface area contributed by atoms with Gasteiger partial charge in [0.15, 0.2) is 5.78 Å². The molecule has 1 fully saturated rings. The van der Waals surface area contributed by atoms with E-state index in [1.165, 1.54) is 0 Å². The van der Waals surface area contributed by atoms with Crippen molar-refractivity contribution in [3.8, 4) is 0 Å². The van der Waals surface area contributed by atoms with Crippen LogP contribution >= 0.6 is 15.9 Å². The van der Waals surface area contributed by atoms with Gasteiger partial charge in [-0.15, -0.1) is 0 Å². The van der Waals surface area contributed by atoms with E-state index in [1.54, 1.807) is 55.5 Å². The Hall–Kier alpha value is -3.00. The minimum Gasteiger partial charge on any atom is -0.326 e. The average Bonchev–Trinajstić information content (AvgIpc) is 2.98. The normalized spacial score (nSPS) is 17.9. The van der Waals surface area contributed by atoms with E-state index >= 15 is 0 Å². The summed E-state index contributed by atoms with van der Waals surface area (Å²) in [5.41, 5.74) is 0.352. The fraction of sp³-hybridized carbons (Fsp3) is 0.333. The predicted octanol–water partition coefficient (Wildman–Crippen LogP) is 4.62. The lowest BCUT2D eigenvalue weighted by atomic mass is 9.92. The molecular formula is C24H26BrN3O4. The lowest BCUT2D eigenvalue weighted by molar-refractivity contribution is -0.130. The SMILES string of the molecule is CCCCCC(=O)Nc1ccc(C(=O)CN2C(=O)N[C@@](C)(c3ccc(Br)cc3)C2=O)cc1. The summed E-state index contributed by atoms with van der Waals surface area (Å²) in [5.74, 6) is -0.910. The smallest absolute Gasteiger partial charge is 0.325 e. The monoisotopic (exact) mass is 499 g/mol. The maximum atomic E-state index is 13.0. The zero-order valence-corrected chi connectivity index (χ0v) is 19.7. The first kappa shape index (κ1) is 23.7. The van der Waals surface area contributed by atoms with Crippen LogP contribution in [0, 0.1) is 0 Å². The number of carbonyl (C=O) groups excluding carboxylic acids is 4. The third kappa shape index (κ3) is 5.24. The van der Waals surface area contributed by atoms with Gasteiger partial charge in [-0.05, 0) is 55.3 Å². The van der Waals surface area contributed by atoms with Crippen LogP contribution in [-0.2, 0) is 15.1 Å². The Balaban J connectivity index is 1.64. The molecule has 0 radical (unpaired) electrons. The Bertz CT molecular complexity index is 1020. The third-order valence-electron chi connectivity index (χ3n) is 5.50. The molecular weight excluding hydrogens is 474 g/mol. The number of ketones is 1. The van der Waals surface area contributed by atoms with Gasteiger partial charge in [0, 0.05) is 22.1 Å². The molecule has 4 amide bonds. The topological polar surface area (TPSA) is 95.6 Å². The fourth-order valence-electron chi connectivity index (χ4n) is 3.55. The van der Waals surface area contributed by atoms with Gasteiger partial charge in [0.05, 0.1) is 6.54 Å². The van der Waals surface area contributed by atoms with Crippen molar-refractivity contribution in [1.29, 1.82) is 0 Å². The number of halogens is 1. The fourth-order valence-corrected chi connectivity index (χ4v) is 3.82. The van der Waals surface area contributed by atoms with Crippen LogP contribution in [0.25, 0.3) is 0 Å². The number of unbranched alkanes of at least 4 members (excludes halogenated alkanes) is 2. The minimum atomic E-state index is -1.23. The van der Waals surface area contributed by atoms with Crippen LogP contribution in [0.2, 0.25) is 0 Å². The molecule has 1 atom stereocenters. The van der Waals surface area contributed by atoms with Crippen molar-refractivity contribution in [3.05, 3.63) is 64.1 Å². The molecule has 7 nitrogen and oxygen atoms in total. The third-order valence-corrected chi connectivity index (χ3v) is 6.02. The standard InChI is InChI=1S/C24H26BrN3O4/c1-3-4-5-6-21(30)26-19-13-7-16(8-14-19)20(29)15-28-22(31)24(2,27-23(28)32)17-9-11-18(25)12-10-17/h7-14H,3-6,15H2,1-2H3,(H,26,30)(H,27,32)/t24-/m0/s1. The van der Waals surface area contributed by atoms with E-state index in [0.717, 1.165) is 28.6 Å². The number of hydrogen-bond acceptors (Lipinski definition) is 4. The van der Waals surface area contributed by atoms with Gasteiger partial charge in [-0.2, -0.15) is 0 Å². The molecule has 3 rings (SSSR count). The van der Waals surface area contributed by atoms with Crippen LogP contribution in [-0.4, -0.2) is 35.1 Å². The molecule has 0 bridgehead atoms. The summed E-state index contributed by atoms with van der Waals surface area (Å²) < 4.78 is 0.856. The Kier molecular flexibility index (Phi) is 7.45. The van der Waals surface area contributed by atoms with Gasteiger partial charge in [0.1, 0.15) is 5.54 Å². The summed E-state index contributed by atoms with van der Waals surface area (Å²) in [7, 11) is 0. The van der Waals surface area contributed by atoms with Crippen molar-refractivity contribution in [2.75, 3.05) is 11.9 Å². The average molecular weight is 500 g/mol. The van der Waals surface area contributed by atoms with Crippen molar-refractivity contribution in [1.82, 2.24) is 10.2 Å². The Labute approximate surface area is 195 Å². The second-order valence-corrected chi connectivity index (χ2v) is 8.87. The van der Waals surface area contributed by atoms with E-state index in [4.69, 9.17) is 0 Å². The molecule has 0 aliphatic carbocycles. The molecule has 1 aliphatic heterocycles. The molecule has 2 N–H and O–H groups in total. The number of carbonyl (C=O) groups is 4. The van der Waals surface area contributed by atoms with Crippen LogP contribution in [0.4, 0.5) is 10.5 Å². The Morgan fingerprint density at radius 1 is 1.03 bits per heavy atom. The van der Waals surface area contributed by atoms with Gasteiger partial charge in [-0.3, -0.25) is 19.3 Å². The molecule has 2 aromatic rings. The highest BCUT2D eigenvalue weighted by atomic mass is 79.9. The number of Topliss-reactive ketones (excluding diaryl/α,β-unsaturated/α-hetero) is 1. The minimum absolute atomic E-state index is 0.0657. The van der Waals surface area contributed by atoms with Crippen molar-refractivity contribution in [2.45, 2.75) is 45.1 Å². The highest BCUT2D eigenvalue weighted by molar-refractivity contribution is 9.10. The molecule has 0 aromatic heterocycles. The maximum absolute atomic E-state index is 13.0. The second-order valence-electron chi connectivity index (χ2n) is 7.96. The summed E-state index contributed by atoms with van der Waals surface area (Å²) >= 11 is 3.35.